The number of rotatable bonds is 3. The minimum atomic E-state index is -0.982. The maximum atomic E-state index is 13.2. The van der Waals surface area contributed by atoms with Crippen molar-refractivity contribution in [2.24, 2.45) is 0 Å². The first kappa shape index (κ1) is 11.8. The van der Waals surface area contributed by atoms with Gasteiger partial charge in [-0.15, -0.1) is 0 Å². The van der Waals surface area contributed by atoms with Crippen LogP contribution in [0.25, 0.3) is 0 Å². The topological polar surface area (TPSA) is 60.2 Å². The molecular formula is C9H7BrFNO3. The van der Waals surface area contributed by atoms with Gasteiger partial charge in [0, 0.05) is 11.1 Å². The van der Waals surface area contributed by atoms with E-state index in [1.54, 1.807) is 0 Å². The molecule has 15 heavy (non-hydrogen) atoms. The summed E-state index contributed by atoms with van der Waals surface area (Å²) in [6.07, 6.45) is 0. The highest BCUT2D eigenvalue weighted by Gasteiger charge is 2.20. The average Bonchev–Trinajstić information content (AvgIpc) is 2.14. The first-order valence-corrected chi connectivity index (χ1v) is 5.13. The number of benzene rings is 1. The van der Waals surface area contributed by atoms with Gasteiger partial charge in [0.25, 0.3) is 0 Å². The van der Waals surface area contributed by atoms with Gasteiger partial charge in [0.15, 0.2) is 5.78 Å². The average molecular weight is 276 g/mol. The van der Waals surface area contributed by atoms with Crippen molar-refractivity contribution in [1.82, 2.24) is 0 Å². The van der Waals surface area contributed by atoms with Gasteiger partial charge in [-0.1, -0.05) is 15.9 Å². The van der Waals surface area contributed by atoms with Gasteiger partial charge in [-0.3, -0.25) is 14.9 Å². The van der Waals surface area contributed by atoms with Gasteiger partial charge in [0.2, 0.25) is 5.82 Å². The molecule has 0 aliphatic carbocycles. The van der Waals surface area contributed by atoms with E-state index < -0.39 is 16.4 Å². The van der Waals surface area contributed by atoms with Crippen LogP contribution in [0, 0.1) is 22.9 Å². The molecule has 0 aliphatic heterocycles. The van der Waals surface area contributed by atoms with Gasteiger partial charge < -0.3 is 0 Å². The lowest BCUT2D eigenvalue weighted by atomic mass is 10.1. The fraction of sp³-hybridized carbons (Fsp3) is 0.222. The Morgan fingerprint density at radius 2 is 2.20 bits per heavy atom. The molecule has 0 bridgehead atoms. The maximum absolute atomic E-state index is 13.2. The quantitative estimate of drug-likeness (QED) is 0.369. The van der Waals surface area contributed by atoms with Crippen molar-refractivity contribution in [2.45, 2.75) is 6.92 Å². The van der Waals surface area contributed by atoms with Crippen LogP contribution in [0.15, 0.2) is 12.1 Å². The normalized spacial score (nSPS) is 10.1. The Kier molecular flexibility index (Phi) is 3.52. The van der Waals surface area contributed by atoms with Crippen molar-refractivity contribution in [3.05, 3.63) is 39.2 Å². The molecule has 0 saturated carbocycles. The fourth-order valence-corrected chi connectivity index (χ4v) is 1.53. The molecule has 0 fully saturated rings. The molecule has 4 nitrogen and oxygen atoms in total. The molecule has 0 unspecified atom stereocenters. The number of hydrogen-bond donors (Lipinski definition) is 0. The molecule has 6 heteroatoms. The third-order valence-corrected chi connectivity index (χ3v) is 2.39. The molecule has 0 aliphatic rings. The minimum Gasteiger partial charge on any atom is -0.293 e. The fourth-order valence-electron chi connectivity index (χ4n) is 1.21. The van der Waals surface area contributed by atoms with Gasteiger partial charge in [-0.2, -0.15) is 4.39 Å². The number of halogens is 2. The van der Waals surface area contributed by atoms with E-state index >= 15 is 0 Å². The summed E-state index contributed by atoms with van der Waals surface area (Å²) >= 11 is 2.94. The second kappa shape index (κ2) is 4.48. The Hall–Kier alpha value is -1.30. The van der Waals surface area contributed by atoms with E-state index in [0.717, 1.165) is 6.07 Å². The predicted molar refractivity (Wildman–Crippen MR) is 55.9 cm³/mol. The Bertz CT molecular complexity index is 410. The highest BCUT2D eigenvalue weighted by Crippen LogP contribution is 2.23. The van der Waals surface area contributed by atoms with E-state index in [-0.39, 0.29) is 22.2 Å². The first-order chi connectivity index (χ1) is 6.97. The molecular weight excluding hydrogens is 269 g/mol. The van der Waals surface area contributed by atoms with Crippen molar-refractivity contribution < 1.29 is 14.1 Å². The second-order valence-corrected chi connectivity index (χ2v) is 3.50. The lowest BCUT2D eigenvalue weighted by molar-refractivity contribution is -0.388. The molecule has 0 amide bonds. The number of aryl methyl sites for hydroxylation is 1. The number of Topliss-reactive ketones (excluding diaryl/α,β-unsaturated/α-hetero) is 1. The van der Waals surface area contributed by atoms with Gasteiger partial charge in [-0.05, 0) is 19.1 Å². The molecule has 1 rings (SSSR count). The van der Waals surface area contributed by atoms with Crippen LogP contribution in [-0.4, -0.2) is 16.0 Å². The van der Waals surface area contributed by atoms with Crippen molar-refractivity contribution in [3.8, 4) is 0 Å². The number of hydrogen-bond acceptors (Lipinski definition) is 3. The third kappa shape index (κ3) is 2.38. The smallest absolute Gasteiger partial charge is 0.293 e. The highest BCUT2D eigenvalue weighted by atomic mass is 79.9. The number of carbonyl (C=O) groups excluding carboxylic acids is 1. The number of ketones is 1. The molecule has 0 atom stereocenters. The van der Waals surface area contributed by atoms with Crippen LogP contribution < -0.4 is 0 Å². The molecule has 0 radical (unpaired) electrons. The highest BCUT2D eigenvalue weighted by molar-refractivity contribution is 9.09. The Balaban J connectivity index is 3.31. The van der Waals surface area contributed by atoms with Crippen LogP contribution in [0.2, 0.25) is 0 Å². The summed E-state index contributed by atoms with van der Waals surface area (Å²) < 4.78 is 13.2. The SMILES string of the molecule is Cc1cc(C(=O)CBr)cc(F)c1[N+](=O)[O-]. The van der Waals surface area contributed by atoms with E-state index in [4.69, 9.17) is 0 Å². The van der Waals surface area contributed by atoms with Crippen LogP contribution >= 0.6 is 15.9 Å². The standard InChI is InChI=1S/C9H7BrFNO3/c1-5-2-6(8(13)4-10)3-7(11)9(5)12(14)15/h2-3H,4H2,1H3. The van der Waals surface area contributed by atoms with Gasteiger partial charge in [0.05, 0.1) is 10.3 Å². The summed E-state index contributed by atoms with van der Waals surface area (Å²) in [4.78, 5) is 20.9. The van der Waals surface area contributed by atoms with Crippen molar-refractivity contribution in [2.75, 3.05) is 5.33 Å². The van der Waals surface area contributed by atoms with E-state index in [9.17, 15) is 19.3 Å². The van der Waals surface area contributed by atoms with E-state index in [1.807, 2.05) is 0 Å². The predicted octanol–water partition coefficient (Wildman–Crippen LogP) is 2.62. The molecule has 0 heterocycles. The van der Waals surface area contributed by atoms with E-state index in [0.29, 0.717) is 0 Å². The number of nitrogens with zero attached hydrogens (tertiary/aromatic N) is 1. The summed E-state index contributed by atoms with van der Waals surface area (Å²) in [5.74, 6) is -1.30. The molecule has 0 N–H and O–H groups in total. The zero-order chi connectivity index (χ0) is 11.6. The second-order valence-electron chi connectivity index (χ2n) is 2.94. The number of nitro benzene ring substituents is 1. The summed E-state index contributed by atoms with van der Waals surface area (Å²) in [6.45, 7) is 1.40. The minimum absolute atomic E-state index is 0.0592. The lowest BCUT2D eigenvalue weighted by Gasteiger charge is -2.02. The molecule has 0 aromatic heterocycles. The van der Waals surface area contributed by atoms with Crippen LogP contribution in [0.1, 0.15) is 15.9 Å². The number of nitro groups is 1. The van der Waals surface area contributed by atoms with Crippen LogP contribution in [0.5, 0.6) is 0 Å². The summed E-state index contributed by atoms with van der Waals surface area (Å²) in [5, 5.41) is 10.5. The number of carbonyl (C=O) groups is 1. The maximum Gasteiger partial charge on any atom is 0.307 e. The third-order valence-electron chi connectivity index (χ3n) is 1.88. The number of alkyl halides is 1. The zero-order valence-electron chi connectivity index (χ0n) is 7.79. The van der Waals surface area contributed by atoms with Crippen LogP contribution in [-0.2, 0) is 0 Å². The first-order valence-electron chi connectivity index (χ1n) is 4.01. The molecule has 0 saturated heterocycles. The van der Waals surface area contributed by atoms with Crippen LogP contribution in [0.3, 0.4) is 0 Å². The van der Waals surface area contributed by atoms with Crippen molar-refractivity contribution in [3.63, 3.8) is 0 Å². The largest absolute Gasteiger partial charge is 0.307 e. The zero-order valence-corrected chi connectivity index (χ0v) is 9.38. The summed E-state index contributed by atoms with van der Waals surface area (Å²) in [6, 6.07) is 2.19. The van der Waals surface area contributed by atoms with E-state index in [1.165, 1.54) is 13.0 Å². The van der Waals surface area contributed by atoms with Crippen molar-refractivity contribution >= 4 is 27.4 Å². The Labute approximate surface area is 93.4 Å². The monoisotopic (exact) mass is 275 g/mol. The molecule has 1 aromatic carbocycles. The van der Waals surface area contributed by atoms with Crippen LogP contribution in [0.4, 0.5) is 10.1 Å². The van der Waals surface area contributed by atoms with Crippen molar-refractivity contribution in [1.29, 1.82) is 0 Å². The van der Waals surface area contributed by atoms with Gasteiger partial charge >= 0.3 is 5.69 Å². The Morgan fingerprint density at radius 1 is 1.60 bits per heavy atom. The lowest BCUT2D eigenvalue weighted by Crippen LogP contribution is -2.04. The molecule has 80 valence electrons. The molecule has 1 aromatic rings. The van der Waals surface area contributed by atoms with E-state index in [2.05, 4.69) is 15.9 Å². The summed E-state index contributed by atoms with van der Waals surface area (Å²) in [7, 11) is 0. The van der Waals surface area contributed by atoms with Gasteiger partial charge in [0.1, 0.15) is 0 Å². The van der Waals surface area contributed by atoms with Gasteiger partial charge in [-0.25, -0.2) is 0 Å². The molecule has 0 spiro atoms. The summed E-state index contributed by atoms with van der Waals surface area (Å²) in [5.41, 5.74) is -0.308. The Morgan fingerprint density at radius 3 is 2.60 bits per heavy atom.